The Morgan fingerprint density at radius 1 is 0.897 bits per heavy atom. The summed E-state index contributed by atoms with van der Waals surface area (Å²) < 4.78 is 10.8. The first kappa shape index (κ1) is 20.6. The maximum atomic E-state index is 12.5. The molecule has 0 saturated heterocycles. The summed E-state index contributed by atoms with van der Waals surface area (Å²) in [4.78, 5) is 12.5. The van der Waals surface area contributed by atoms with Crippen LogP contribution in [-0.2, 0) is 16.1 Å². The summed E-state index contributed by atoms with van der Waals surface area (Å²) in [6, 6.07) is 28.1. The Morgan fingerprint density at radius 3 is 2.10 bits per heavy atom. The SMILES string of the molecule is COc1cccc(COCC(=O)NC(C)C(c2ccccc2)c2ccccc2)c1. The van der Waals surface area contributed by atoms with E-state index >= 15 is 0 Å². The summed E-state index contributed by atoms with van der Waals surface area (Å²) in [5.74, 6) is 0.717. The van der Waals surface area contributed by atoms with Crippen molar-refractivity contribution >= 4 is 5.91 Å². The van der Waals surface area contributed by atoms with Gasteiger partial charge in [0.05, 0.1) is 13.7 Å². The van der Waals surface area contributed by atoms with Gasteiger partial charge in [0.25, 0.3) is 0 Å². The number of carbonyl (C=O) groups excluding carboxylic acids is 1. The van der Waals surface area contributed by atoms with Gasteiger partial charge in [-0.2, -0.15) is 0 Å². The van der Waals surface area contributed by atoms with E-state index in [0.29, 0.717) is 6.61 Å². The molecular weight excluding hydrogens is 362 g/mol. The molecule has 0 aliphatic rings. The van der Waals surface area contributed by atoms with Crippen molar-refractivity contribution in [2.45, 2.75) is 25.5 Å². The molecule has 0 bridgehead atoms. The lowest BCUT2D eigenvalue weighted by Gasteiger charge is -2.26. The van der Waals surface area contributed by atoms with E-state index in [0.717, 1.165) is 11.3 Å². The Hall–Kier alpha value is -3.11. The van der Waals surface area contributed by atoms with Crippen LogP contribution in [0.1, 0.15) is 29.5 Å². The van der Waals surface area contributed by atoms with E-state index in [1.165, 1.54) is 11.1 Å². The van der Waals surface area contributed by atoms with Crippen LogP contribution < -0.4 is 10.1 Å². The molecule has 4 heteroatoms. The Bertz CT molecular complexity index is 857. The van der Waals surface area contributed by atoms with Crippen LogP contribution in [0.15, 0.2) is 84.9 Å². The second kappa shape index (κ2) is 10.4. The Kier molecular flexibility index (Phi) is 7.42. The second-order valence-electron chi connectivity index (χ2n) is 7.00. The lowest BCUT2D eigenvalue weighted by Crippen LogP contribution is -2.39. The van der Waals surface area contributed by atoms with Gasteiger partial charge in [-0.3, -0.25) is 4.79 Å². The first-order valence-corrected chi connectivity index (χ1v) is 9.77. The number of rotatable bonds is 9. The van der Waals surface area contributed by atoms with E-state index in [2.05, 4.69) is 29.6 Å². The number of carbonyl (C=O) groups is 1. The number of nitrogens with one attached hydrogen (secondary N) is 1. The molecule has 3 rings (SSSR count). The van der Waals surface area contributed by atoms with E-state index < -0.39 is 0 Å². The molecule has 0 saturated carbocycles. The van der Waals surface area contributed by atoms with E-state index in [9.17, 15) is 4.79 Å². The maximum absolute atomic E-state index is 12.5. The molecule has 0 aliphatic heterocycles. The van der Waals surface area contributed by atoms with Crippen LogP contribution >= 0.6 is 0 Å². The molecule has 4 nitrogen and oxygen atoms in total. The summed E-state index contributed by atoms with van der Waals surface area (Å²) in [5.41, 5.74) is 3.31. The summed E-state index contributed by atoms with van der Waals surface area (Å²) in [5, 5.41) is 3.10. The summed E-state index contributed by atoms with van der Waals surface area (Å²) >= 11 is 0. The normalized spacial score (nSPS) is 11.8. The predicted molar refractivity (Wildman–Crippen MR) is 115 cm³/mol. The highest BCUT2D eigenvalue weighted by molar-refractivity contribution is 5.77. The monoisotopic (exact) mass is 389 g/mol. The van der Waals surface area contributed by atoms with Gasteiger partial charge in [-0.1, -0.05) is 72.8 Å². The zero-order chi connectivity index (χ0) is 20.5. The molecule has 1 atom stereocenters. The summed E-state index contributed by atoms with van der Waals surface area (Å²) in [6.45, 7) is 2.41. The van der Waals surface area contributed by atoms with Gasteiger partial charge in [0.15, 0.2) is 0 Å². The third-order valence-electron chi connectivity index (χ3n) is 4.84. The number of hydrogen-bond donors (Lipinski definition) is 1. The van der Waals surface area contributed by atoms with Crippen LogP contribution in [0.3, 0.4) is 0 Å². The molecular formula is C25H27NO3. The van der Waals surface area contributed by atoms with Crippen LogP contribution in [0.25, 0.3) is 0 Å². The fourth-order valence-electron chi connectivity index (χ4n) is 3.49. The standard InChI is InChI=1S/C25H27NO3/c1-19(25(21-11-5-3-6-12-21)22-13-7-4-8-14-22)26-24(27)18-29-17-20-10-9-15-23(16-20)28-2/h3-16,19,25H,17-18H2,1-2H3,(H,26,27). The molecule has 0 heterocycles. The fourth-order valence-corrected chi connectivity index (χ4v) is 3.49. The molecule has 0 aromatic heterocycles. The minimum Gasteiger partial charge on any atom is -0.497 e. The number of ether oxygens (including phenoxy) is 2. The minimum atomic E-state index is -0.128. The van der Waals surface area contributed by atoms with E-state index in [1.807, 2.05) is 67.6 Å². The second-order valence-corrected chi connectivity index (χ2v) is 7.00. The Morgan fingerprint density at radius 2 is 1.52 bits per heavy atom. The fraction of sp³-hybridized carbons (Fsp3) is 0.240. The van der Waals surface area contributed by atoms with Crippen LogP contribution in [0.4, 0.5) is 0 Å². The lowest BCUT2D eigenvalue weighted by atomic mass is 9.86. The van der Waals surface area contributed by atoms with Crippen molar-refractivity contribution in [1.29, 1.82) is 0 Å². The van der Waals surface area contributed by atoms with Crippen LogP contribution in [0.5, 0.6) is 5.75 Å². The van der Waals surface area contributed by atoms with Gasteiger partial charge in [-0.15, -0.1) is 0 Å². The topological polar surface area (TPSA) is 47.6 Å². The first-order valence-electron chi connectivity index (χ1n) is 9.77. The number of methoxy groups -OCH3 is 1. The van der Waals surface area contributed by atoms with Gasteiger partial charge >= 0.3 is 0 Å². The third-order valence-corrected chi connectivity index (χ3v) is 4.84. The highest BCUT2D eigenvalue weighted by atomic mass is 16.5. The van der Waals surface area contributed by atoms with E-state index in [-0.39, 0.29) is 24.5 Å². The molecule has 1 unspecified atom stereocenters. The van der Waals surface area contributed by atoms with Crippen molar-refractivity contribution in [2.24, 2.45) is 0 Å². The molecule has 0 fully saturated rings. The lowest BCUT2D eigenvalue weighted by molar-refractivity contribution is -0.126. The first-order chi connectivity index (χ1) is 14.2. The maximum Gasteiger partial charge on any atom is 0.246 e. The molecule has 1 N–H and O–H groups in total. The van der Waals surface area contributed by atoms with Crippen molar-refractivity contribution in [3.63, 3.8) is 0 Å². The van der Waals surface area contributed by atoms with Gasteiger partial charge in [0.1, 0.15) is 12.4 Å². The highest BCUT2D eigenvalue weighted by Crippen LogP contribution is 2.27. The Balaban J connectivity index is 1.60. The number of hydrogen-bond acceptors (Lipinski definition) is 3. The van der Waals surface area contributed by atoms with Crippen molar-refractivity contribution in [3.05, 3.63) is 102 Å². The molecule has 150 valence electrons. The summed E-state index contributed by atoms with van der Waals surface area (Å²) in [7, 11) is 1.63. The third kappa shape index (κ3) is 5.93. The predicted octanol–water partition coefficient (Wildman–Crippen LogP) is 4.55. The van der Waals surface area contributed by atoms with Crippen LogP contribution in [0, 0.1) is 0 Å². The van der Waals surface area contributed by atoms with Crippen LogP contribution in [0.2, 0.25) is 0 Å². The quantitative estimate of drug-likeness (QED) is 0.584. The minimum absolute atomic E-state index is 0.0118. The molecule has 0 radical (unpaired) electrons. The smallest absolute Gasteiger partial charge is 0.246 e. The van der Waals surface area contributed by atoms with E-state index in [4.69, 9.17) is 9.47 Å². The summed E-state index contributed by atoms with van der Waals surface area (Å²) in [6.07, 6.45) is 0. The average Bonchev–Trinajstić information content (AvgIpc) is 2.75. The van der Waals surface area contributed by atoms with E-state index in [1.54, 1.807) is 7.11 Å². The molecule has 0 spiro atoms. The van der Waals surface area contributed by atoms with Crippen molar-refractivity contribution in [1.82, 2.24) is 5.32 Å². The van der Waals surface area contributed by atoms with Gasteiger partial charge < -0.3 is 14.8 Å². The number of amides is 1. The zero-order valence-corrected chi connectivity index (χ0v) is 16.9. The van der Waals surface area contributed by atoms with Gasteiger partial charge in [-0.25, -0.2) is 0 Å². The average molecular weight is 389 g/mol. The van der Waals surface area contributed by atoms with Gasteiger partial charge in [0.2, 0.25) is 5.91 Å². The molecule has 3 aromatic carbocycles. The highest BCUT2D eigenvalue weighted by Gasteiger charge is 2.22. The van der Waals surface area contributed by atoms with Gasteiger partial charge in [-0.05, 0) is 35.7 Å². The van der Waals surface area contributed by atoms with Gasteiger partial charge in [0, 0.05) is 12.0 Å². The van der Waals surface area contributed by atoms with Crippen LogP contribution in [-0.4, -0.2) is 25.7 Å². The molecule has 0 aliphatic carbocycles. The van der Waals surface area contributed by atoms with Crippen molar-refractivity contribution in [2.75, 3.05) is 13.7 Å². The van der Waals surface area contributed by atoms with Crippen molar-refractivity contribution in [3.8, 4) is 5.75 Å². The van der Waals surface area contributed by atoms with Crippen molar-refractivity contribution < 1.29 is 14.3 Å². The largest absolute Gasteiger partial charge is 0.497 e. The zero-order valence-electron chi connectivity index (χ0n) is 16.9. The molecule has 1 amide bonds. The number of benzene rings is 3. The Labute approximate surface area is 172 Å². The molecule has 3 aromatic rings. The molecule has 29 heavy (non-hydrogen) atoms.